The second-order valence-corrected chi connectivity index (χ2v) is 6.99. The van der Waals surface area contributed by atoms with E-state index in [4.69, 9.17) is 0 Å². The molecule has 3 aromatic rings. The Morgan fingerprint density at radius 2 is 1.96 bits per heavy atom. The van der Waals surface area contributed by atoms with Gasteiger partial charge in [-0.3, -0.25) is 4.79 Å². The third-order valence-electron chi connectivity index (χ3n) is 4.28. The largest absolute Gasteiger partial charge is 0.338 e. The van der Waals surface area contributed by atoms with Gasteiger partial charge in [0.1, 0.15) is 24.3 Å². The van der Waals surface area contributed by atoms with E-state index in [1.54, 1.807) is 23.0 Å². The monoisotopic (exact) mass is 388 g/mol. The van der Waals surface area contributed by atoms with Crippen molar-refractivity contribution < 1.29 is 13.6 Å². The Labute approximate surface area is 160 Å². The van der Waals surface area contributed by atoms with Gasteiger partial charge in [-0.1, -0.05) is 12.1 Å². The highest BCUT2D eigenvalue weighted by Crippen LogP contribution is 2.25. The highest BCUT2D eigenvalue weighted by atomic mass is 32.2. The van der Waals surface area contributed by atoms with Crippen molar-refractivity contribution in [3.63, 3.8) is 0 Å². The minimum atomic E-state index is -0.534. The van der Waals surface area contributed by atoms with Gasteiger partial charge in [0.05, 0.1) is 17.5 Å². The maximum Gasteiger partial charge on any atom is 0.233 e. The summed E-state index contributed by atoms with van der Waals surface area (Å²) in [7, 11) is 1.70. The van der Waals surface area contributed by atoms with Gasteiger partial charge in [-0.05, 0) is 42.8 Å². The summed E-state index contributed by atoms with van der Waals surface area (Å²) < 4.78 is 28.6. The number of carbonyl (C=O) groups is 1. The summed E-state index contributed by atoms with van der Waals surface area (Å²) in [4.78, 5) is 18.1. The summed E-state index contributed by atoms with van der Waals surface area (Å²) in [6, 6.07) is 10.7. The fourth-order valence-corrected chi connectivity index (χ4v) is 3.40. The predicted octanol–water partition coefficient (Wildman–Crippen LogP) is 3.86. The van der Waals surface area contributed by atoms with Gasteiger partial charge in [0.2, 0.25) is 5.91 Å². The Bertz CT molecular complexity index is 916. The van der Waals surface area contributed by atoms with Gasteiger partial charge >= 0.3 is 0 Å². The SMILES string of the molecule is C[C@H](c1ccc(-n2cncn2)cc1)N(C)C(=O)CSc1cc(F)ccc1F. The Morgan fingerprint density at radius 3 is 2.63 bits per heavy atom. The molecule has 2 aromatic carbocycles. The zero-order valence-electron chi connectivity index (χ0n) is 14.8. The highest BCUT2D eigenvalue weighted by molar-refractivity contribution is 8.00. The molecular formula is C19H18F2N4OS. The molecule has 1 aromatic heterocycles. The van der Waals surface area contributed by atoms with Crippen molar-refractivity contribution in [2.75, 3.05) is 12.8 Å². The average molecular weight is 388 g/mol. The van der Waals surface area contributed by atoms with Crippen molar-refractivity contribution in [3.05, 3.63) is 72.3 Å². The first-order chi connectivity index (χ1) is 13.0. The lowest BCUT2D eigenvalue weighted by Gasteiger charge is -2.25. The number of carbonyl (C=O) groups excluding carboxylic acids is 1. The lowest BCUT2D eigenvalue weighted by atomic mass is 10.1. The number of thioether (sulfide) groups is 1. The topological polar surface area (TPSA) is 51.0 Å². The van der Waals surface area contributed by atoms with E-state index in [0.717, 1.165) is 41.2 Å². The van der Waals surface area contributed by atoms with Crippen LogP contribution < -0.4 is 0 Å². The first-order valence-electron chi connectivity index (χ1n) is 8.24. The first-order valence-corrected chi connectivity index (χ1v) is 9.22. The van der Waals surface area contributed by atoms with Gasteiger partial charge in [0.25, 0.3) is 0 Å². The molecule has 0 N–H and O–H groups in total. The van der Waals surface area contributed by atoms with Crippen molar-refractivity contribution in [3.8, 4) is 5.69 Å². The minimum absolute atomic E-state index is 0.0260. The number of halogens is 2. The van der Waals surface area contributed by atoms with Crippen LogP contribution in [0, 0.1) is 11.6 Å². The van der Waals surface area contributed by atoms with Crippen molar-refractivity contribution in [2.45, 2.75) is 17.9 Å². The normalized spacial score (nSPS) is 12.0. The molecule has 8 heteroatoms. The standard InChI is InChI=1S/C19H18F2N4OS/c1-13(14-3-6-16(7-4-14)25-12-22-11-23-25)24(2)19(26)10-27-18-9-15(20)5-8-17(18)21/h3-9,11-13H,10H2,1-2H3/t13-/m1/s1. The van der Waals surface area contributed by atoms with Gasteiger partial charge in [0.15, 0.2) is 0 Å². The molecule has 1 amide bonds. The lowest BCUT2D eigenvalue weighted by Crippen LogP contribution is -2.31. The van der Waals surface area contributed by atoms with E-state index in [9.17, 15) is 13.6 Å². The quantitative estimate of drug-likeness (QED) is 0.602. The van der Waals surface area contributed by atoms with Crippen LogP contribution in [0.25, 0.3) is 5.69 Å². The van der Waals surface area contributed by atoms with Crippen molar-refractivity contribution in [2.24, 2.45) is 0 Å². The van der Waals surface area contributed by atoms with E-state index in [0.29, 0.717) is 0 Å². The summed E-state index contributed by atoms with van der Waals surface area (Å²) in [6.45, 7) is 1.91. The summed E-state index contributed by atoms with van der Waals surface area (Å²) in [6.07, 6.45) is 3.07. The average Bonchev–Trinajstić information content (AvgIpc) is 3.22. The second kappa shape index (κ2) is 8.30. The molecule has 0 saturated heterocycles. The molecule has 0 spiro atoms. The number of hydrogen-bond donors (Lipinski definition) is 0. The molecular weight excluding hydrogens is 370 g/mol. The predicted molar refractivity (Wildman–Crippen MR) is 99.6 cm³/mol. The maximum absolute atomic E-state index is 13.7. The van der Waals surface area contributed by atoms with E-state index in [1.165, 1.54) is 6.33 Å². The van der Waals surface area contributed by atoms with E-state index in [1.807, 2.05) is 31.2 Å². The molecule has 0 aliphatic heterocycles. The highest BCUT2D eigenvalue weighted by Gasteiger charge is 2.18. The molecule has 1 heterocycles. The molecule has 140 valence electrons. The molecule has 5 nitrogen and oxygen atoms in total. The maximum atomic E-state index is 13.7. The Kier molecular flexibility index (Phi) is 5.85. The second-order valence-electron chi connectivity index (χ2n) is 5.98. The summed E-state index contributed by atoms with van der Waals surface area (Å²) in [5.74, 6) is -1.20. The Hall–Kier alpha value is -2.74. The Morgan fingerprint density at radius 1 is 1.22 bits per heavy atom. The van der Waals surface area contributed by atoms with Crippen LogP contribution >= 0.6 is 11.8 Å². The van der Waals surface area contributed by atoms with Crippen LogP contribution in [-0.2, 0) is 4.79 Å². The molecule has 0 aliphatic carbocycles. The van der Waals surface area contributed by atoms with Crippen molar-refractivity contribution in [1.29, 1.82) is 0 Å². The number of nitrogens with zero attached hydrogens (tertiary/aromatic N) is 4. The molecule has 0 bridgehead atoms. The molecule has 3 rings (SSSR count). The van der Waals surface area contributed by atoms with Crippen LogP contribution in [0.3, 0.4) is 0 Å². The van der Waals surface area contributed by atoms with Crippen LogP contribution in [0.5, 0.6) is 0 Å². The first kappa shape index (κ1) is 19.0. The fourth-order valence-electron chi connectivity index (χ4n) is 2.52. The number of aromatic nitrogens is 3. The zero-order chi connectivity index (χ0) is 19.4. The van der Waals surface area contributed by atoms with Crippen molar-refractivity contribution >= 4 is 17.7 Å². The van der Waals surface area contributed by atoms with Crippen LogP contribution in [0.2, 0.25) is 0 Å². The smallest absolute Gasteiger partial charge is 0.233 e. The van der Waals surface area contributed by atoms with Gasteiger partial charge < -0.3 is 4.90 Å². The summed E-state index contributed by atoms with van der Waals surface area (Å²) >= 11 is 0.986. The molecule has 27 heavy (non-hydrogen) atoms. The van der Waals surface area contributed by atoms with Gasteiger partial charge in [0, 0.05) is 11.9 Å². The summed E-state index contributed by atoms with van der Waals surface area (Å²) in [5, 5.41) is 4.07. The number of benzene rings is 2. The van der Waals surface area contributed by atoms with E-state index in [2.05, 4.69) is 10.1 Å². The third kappa shape index (κ3) is 4.51. The van der Waals surface area contributed by atoms with E-state index < -0.39 is 11.6 Å². The molecule has 0 radical (unpaired) electrons. The zero-order valence-corrected chi connectivity index (χ0v) is 15.7. The van der Waals surface area contributed by atoms with Crippen LogP contribution in [0.1, 0.15) is 18.5 Å². The molecule has 1 atom stereocenters. The number of amides is 1. The van der Waals surface area contributed by atoms with Crippen LogP contribution in [-0.4, -0.2) is 38.4 Å². The van der Waals surface area contributed by atoms with E-state index >= 15 is 0 Å². The van der Waals surface area contributed by atoms with Crippen LogP contribution in [0.4, 0.5) is 8.78 Å². The van der Waals surface area contributed by atoms with Gasteiger partial charge in [-0.2, -0.15) is 5.10 Å². The molecule has 0 fully saturated rings. The lowest BCUT2D eigenvalue weighted by molar-refractivity contribution is -0.128. The number of rotatable bonds is 6. The third-order valence-corrected chi connectivity index (χ3v) is 5.29. The number of hydrogen-bond acceptors (Lipinski definition) is 4. The molecule has 0 saturated carbocycles. The fraction of sp³-hybridized carbons (Fsp3) is 0.211. The van der Waals surface area contributed by atoms with Crippen LogP contribution in [0.15, 0.2) is 60.0 Å². The van der Waals surface area contributed by atoms with E-state index in [-0.39, 0.29) is 22.6 Å². The van der Waals surface area contributed by atoms with Gasteiger partial charge in [-0.25, -0.2) is 18.4 Å². The summed E-state index contributed by atoms with van der Waals surface area (Å²) in [5.41, 5.74) is 1.83. The minimum Gasteiger partial charge on any atom is -0.338 e. The Balaban J connectivity index is 1.63. The van der Waals surface area contributed by atoms with Gasteiger partial charge in [-0.15, -0.1) is 11.8 Å². The molecule has 0 aliphatic rings. The molecule has 0 unspecified atom stereocenters. The van der Waals surface area contributed by atoms with Crippen molar-refractivity contribution in [1.82, 2.24) is 19.7 Å².